The number of amides is 2. The summed E-state index contributed by atoms with van der Waals surface area (Å²) in [5.74, 6) is 0.516. The van der Waals surface area contributed by atoms with Crippen molar-refractivity contribution in [1.82, 2.24) is 15.5 Å². The van der Waals surface area contributed by atoms with E-state index in [1.54, 1.807) is 0 Å². The minimum Gasteiger partial charge on any atom is -0.353 e. The summed E-state index contributed by atoms with van der Waals surface area (Å²) < 4.78 is 0. The second-order valence-electron chi connectivity index (χ2n) is 7.01. The Bertz CT molecular complexity index is 362. The van der Waals surface area contributed by atoms with Crippen LogP contribution in [-0.4, -0.2) is 48.9 Å². The van der Waals surface area contributed by atoms with Crippen LogP contribution in [-0.2, 0) is 9.59 Å². The van der Waals surface area contributed by atoms with Gasteiger partial charge in [0.2, 0.25) is 11.8 Å². The fourth-order valence-corrected chi connectivity index (χ4v) is 2.90. The largest absolute Gasteiger partial charge is 0.353 e. The summed E-state index contributed by atoms with van der Waals surface area (Å²) in [6.45, 7) is 9.11. The van der Waals surface area contributed by atoms with E-state index in [-0.39, 0.29) is 29.2 Å². The van der Waals surface area contributed by atoms with Crippen LogP contribution in [0.4, 0.5) is 0 Å². The number of piperidine rings is 1. The second-order valence-corrected chi connectivity index (χ2v) is 7.01. The minimum atomic E-state index is -0.314. The molecule has 0 radical (unpaired) electrons. The summed E-state index contributed by atoms with van der Waals surface area (Å²) in [5, 5.41) is 6.36. The minimum absolute atomic E-state index is 0.129. The van der Waals surface area contributed by atoms with Crippen LogP contribution in [0.2, 0.25) is 0 Å². The molecule has 0 aromatic rings. The molecule has 0 saturated carbocycles. The van der Waals surface area contributed by atoms with E-state index in [9.17, 15) is 9.59 Å². The van der Waals surface area contributed by atoms with Gasteiger partial charge in [-0.05, 0) is 25.8 Å². The van der Waals surface area contributed by atoms with Gasteiger partial charge in [-0.2, -0.15) is 0 Å². The summed E-state index contributed by atoms with van der Waals surface area (Å²) in [7, 11) is 0. The Morgan fingerprint density at radius 3 is 2.30 bits per heavy atom. The number of hydrogen-bond acceptors (Lipinski definition) is 3. The lowest BCUT2D eigenvalue weighted by molar-refractivity contribution is -0.140. The van der Waals surface area contributed by atoms with Gasteiger partial charge in [0.25, 0.3) is 0 Å². The maximum absolute atomic E-state index is 12.2. The van der Waals surface area contributed by atoms with Gasteiger partial charge < -0.3 is 15.5 Å². The highest BCUT2D eigenvalue weighted by Crippen LogP contribution is 2.21. The molecule has 0 bridgehead atoms. The summed E-state index contributed by atoms with van der Waals surface area (Å²) in [6, 6.07) is 0.229. The number of nitrogens with zero attached hydrogens (tertiary/aromatic N) is 1. The average molecular weight is 281 g/mol. The van der Waals surface area contributed by atoms with Crippen molar-refractivity contribution in [2.75, 3.05) is 26.2 Å². The molecule has 1 unspecified atom stereocenters. The SMILES string of the molecule is CC(C)(C)C(=O)N1CCC(NC(=O)C2CCNC2)CC1. The van der Waals surface area contributed by atoms with Crippen molar-refractivity contribution in [2.24, 2.45) is 11.3 Å². The fourth-order valence-electron chi connectivity index (χ4n) is 2.90. The highest BCUT2D eigenvalue weighted by Gasteiger charge is 2.31. The molecule has 0 aromatic heterocycles. The van der Waals surface area contributed by atoms with Crippen molar-refractivity contribution in [1.29, 1.82) is 0 Å². The van der Waals surface area contributed by atoms with E-state index in [0.717, 1.165) is 45.4 Å². The van der Waals surface area contributed by atoms with Gasteiger partial charge >= 0.3 is 0 Å². The third-order valence-corrected chi connectivity index (χ3v) is 4.20. The zero-order valence-electron chi connectivity index (χ0n) is 12.9. The van der Waals surface area contributed by atoms with Crippen molar-refractivity contribution >= 4 is 11.8 Å². The molecule has 2 fully saturated rings. The molecule has 0 aromatic carbocycles. The van der Waals surface area contributed by atoms with E-state index >= 15 is 0 Å². The van der Waals surface area contributed by atoms with Gasteiger partial charge in [-0.1, -0.05) is 20.8 Å². The molecule has 0 aliphatic carbocycles. The molecule has 0 spiro atoms. The molecule has 2 N–H and O–H groups in total. The maximum atomic E-state index is 12.2. The number of rotatable bonds is 2. The molecule has 2 heterocycles. The van der Waals surface area contributed by atoms with Gasteiger partial charge in [0.15, 0.2) is 0 Å². The Kier molecular flexibility index (Phi) is 4.68. The molecule has 2 aliphatic rings. The summed E-state index contributed by atoms with van der Waals surface area (Å²) in [4.78, 5) is 26.2. The van der Waals surface area contributed by atoms with Crippen LogP contribution in [0.1, 0.15) is 40.0 Å². The van der Waals surface area contributed by atoms with Crippen molar-refractivity contribution < 1.29 is 9.59 Å². The van der Waals surface area contributed by atoms with E-state index in [1.165, 1.54) is 0 Å². The Balaban J connectivity index is 1.77. The zero-order chi connectivity index (χ0) is 14.8. The monoisotopic (exact) mass is 281 g/mol. The lowest BCUT2D eigenvalue weighted by atomic mass is 9.93. The Hall–Kier alpha value is -1.10. The second kappa shape index (κ2) is 6.12. The van der Waals surface area contributed by atoms with Crippen LogP contribution < -0.4 is 10.6 Å². The molecule has 2 amide bonds. The number of carbonyl (C=O) groups is 2. The highest BCUT2D eigenvalue weighted by atomic mass is 16.2. The summed E-state index contributed by atoms with van der Waals surface area (Å²) >= 11 is 0. The van der Waals surface area contributed by atoms with Gasteiger partial charge in [-0.15, -0.1) is 0 Å². The van der Waals surface area contributed by atoms with Gasteiger partial charge in [-0.3, -0.25) is 9.59 Å². The molecule has 5 heteroatoms. The highest BCUT2D eigenvalue weighted by molar-refractivity contribution is 5.82. The lowest BCUT2D eigenvalue weighted by Gasteiger charge is -2.36. The molecule has 5 nitrogen and oxygen atoms in total. The van der Waals surface area contributed by atoms with Crippen LogP contribution in [0.25, 0.3) is 0 Å². The quantitative estimate of drug-likeness (QED) is 0.785. The third-order valence-electron chi connectivity index (χ3n) is 4.20. The molecule has 20 heavy (non-hydrogen) atoms. The van der Waals surface area contributed by atoms with Crippen LogP contribution >= 0.6 is 0 Å². The van der Waals surface area contributed by atoms with Crippen molar-refractivity contribution in [2.45, 2.75) is 46.1 Å². The average Bonchev–Trinajstić information content (AvgIpc) is 2.91. The lowest BCUT2D eigenvalue weighted by Crippen LogP contribution is -2.50. The van der Waals surface area contributed by atoms with E-state index < -0.39 is 0 Å². The number of carbonyl (C=O) groups excluding carboxylic acids is 2. The number of nitrogens with one attached hydrogen (secondary N) is 2. The van der Waals surface area contributed by atoms with E-state index in [1.807, 2.05) is 25.7 Å². The zero-order valence-corrected chi connectivity index (χ0v) is 12.9. The van der Waals surface area contributed by atoms with E-state index in [2.05, 4.69) is 10.6 Å². The van der Waals surface area contributed by atoms with E-state index in [4.69, 9.17) is 0 Å². The Morgan fingerprint density at radius 2 is 1.80 bits per heavy atom. The smallest absolute Gasteiger partial charge is 0.227 e. The molecule has 2 saturated heterocycles. The van der Waals surface area contributed by atoms with Gasteiger partial charge in [0, 0.05) is 31.1 Å². The normalized spacial score (nSPS) is 24.8. The van der Waals surface area contributed by atoms with Crippen LogP contribution in [0.3, 0.4) is 0 Å². The predicted octanol–water partition coefficient (Wildman–Crippen LogP) is 0.749. The first-order chi connectivity index (χ1) is 9.38. The maximum Gasteiger partial charge on any atom is 0.227 e. The van der Waals surface area contributed by atoms with E-state index in [0.29, 0.717) is 0 Å². The van der Waals surface area contributed by atoms with Gasteiger partial charge in [0.1, 0.15) is 0 Å². The molecular weight excluding hydrogens is 254 g/mol. The number of likely N-dealkylation sites (tertiary alicyclic amines) is 1. The standard InChI is InChI=1S/C15H27N3O2/c1-15(2,3)14(20)18-8-5-12(6-9-18)17-13(19)11-4-7-16-10-11/h11-12,16H,4-10H2,1-3H3,(H,17,19). The van der Waals surface area contributed by atoms with Crippen molar-refractivity contribution in [3.8, 4) is 0 Å². The van der Waals surface area contributed by atoms with Crippen LogP contribution in [0, 0.1) is 11.3 Å². The molecule has 2 rings (SSSR count). The molecule has 114 valence electrons. The van der Waals surface area contributed by atoms with Crippen molar-refractivity contribution in [3.05, 3.63) is 0 Å². The Morgan fingerprint density at radius 1 is 1.15 bits per heavy atom. The summed E-state index contributed by atoms with van der Waals surface area (Å²) in [6.07, 6.45) is 2.68. The first-order valence-electron chi connectivity index (χ1n) is 7.68. The van der Waals surface area contributed by atoms with Crippen LogP contribution in [0.15, 0.2) is 0 Å². The van der Waals surface area contributed by atoms with Crippen molar-refractivity contribution in [3.63, 3.8) is 0 Å². The number of hydrogen-bond donors (Lipinski definition) is 2. The molecule has 2 aliphatic heterocycles. The fraction of sp³-hybridized carbons (Fsp3) is 0.867. The molecular formula is C15H27N3O2. The van der Waals surface area contributed by atoms with Crippen LogP contribution in [0.5, 0.6) is 0 Å². The third kappa shape index (κ3) is 3.72. The van der Waals surface area contributed by atoms with Gasteiger partial charge in [-0.25, -0.2) is 0 Å². The summed E-state index contributed by atoms with van der Waals surface area (Å²) in [5.41, 5.74) is -0.314. The molecule has 1 atom stereocenters. The predicted molar refractivity (Wildman–Crippen MR) is 78.2 cm³/mol. The first-order valence-corrected chi connectivity index (χ1v) is 7.68. The first kappa shape index (κ1) is 15.3. The Labute approximate surface area is 121 Å². The van der Waals surface area contributed by atoms with Gasteiger partial charge in [0.05, 0.1) is 5.92 Å². The topological polar surface area (TPSA) is 61.4 Å².